The molecule has 0 rings (SSSR count). The Kier molecular flexibility index (Phi) is 66.8. The fourth-order valence-corrected chi connectivity index (χ4v) is 13.6. The van der Waals surface area contributed by atoms with Crippen LogP contribution in [0.2, 0.25) is 0 Å². The molecule has 98 heavy (non-hydrogen) atoms. The van der Waals surface area contributed by atoms with Crippen LogP contribution in [0.5, 0.6) is 0 Å². The van der Waals surface area contributed by atoms with Crippen LogP contribution in [-0.2, 0) is 65.4 Å². The number of phosphoric acid groups is 2. The Bertz CT molecular complexity index is 1920. The molecule has 0 radical (unpaired) electrons. The lowest BCUT2D eigenvalue weighted by molar-refractivity contribution is -0.161. The molecule has 17 nitrogen and oxygen atoms in total. The summed E-state index contributed by atoms with van der Waals surface area (Å²) in [7, 11) is -9.92. The van der Waals surface area contributed by atoms with Gasteiger partial charge in [-0.05, 0) is 49.4 Å². The average molecular weight is 1440 g/mol. The van der Waals surface area contributed by atoms with Crippen molar-refractivity contribution >= 4 is 39.5 Å². The second kappa shape index (κ2) is 68.2. The molecular weight excluding hydrogens is 1280 g/mol. The Morgan fingerprint density at radius 1 is 0.286 bits per heavy atom. The lowest BCUT2D eigenvalue weighted by Gasteiger charge is -2.21. The van der Waals surface area contributed by atoms with Crippen LogP contribution in [0, 0.1) is 23.7 Å². The molecular formula is C79H154O17P2. The zero-order valence-electron chi connectivity index (χ0n) is 64.4. The molecule has 3 N–H and O–H groups in total. The molecule has 0 aliphatic heterocycles. The second-order valence-electron chi connectivity index (χ2n) is 30.1. The summed E-state index contributed by atoms with van der Waals surface area (Å²) in [6, 6.07) is 0. The Balaban J connectivity index is 5.26. The monoisotopic (exact) mass is 1440 g/mol. The zero-order valence-corrected chi connectivity index (χ0v) is 66.2. The molecule has 0 saturated carbocycles. The van der Waals surface area contributed by atoms with Gasteiger partial charge >= 0.3 is 39.5 Å². The minimum Gasteiger partial charge on any atom is -0.462 e. The summed E-state index contributed by atoms with van der Waals surface area (Å²) in [4.78, 5) is 72.9. The lowest BCUT2D eigenvalue weighted by atomic mass is 9.99. The first kappa shape index (κ1) is 96.1. The number of carbonyl (C=O) groups excluding carboxylic acids is 4. The van der Waals surface area contributed by atoms with Crippen LogP contribution in [-0.4, -0.2) is 96.7 Å². The molecule has 4 unspecified atom stereocenters. The van der Waals surface area contributed by atoms with Gasteiger partial charge in [-0.25, -0.2) is 9.13 Å². The van der Waals surface area contributed by atoms with Crippen molar-refractivity contribution < 1.29 is 80.2 Å². The van der Waals surface area contributed by atoms with Gasteiger partial charge in [0.2, 0.25) is 0 Å². The summed E-state index contributed by atoms with van der Waals surface area (Å²) in [6.07, 6.45) is 54.1. The van der Waals surface area contributed by atoms with Crippen molar-refractivity contribution in [3.8, 4) is 0 Å². The van der Waals surface area contributed by atoms with E-state index in [9.17, 15) is 43.2 Å². The molecule has 0 amide bonds. The van der Waals surface area contributed by atoms with E-state index in [1.54, 1.807) is 0 Å². The van der Waals surface area contributed by atoms with Gasteiger partial charge in [-0.2, -0.15) is 0 Å². The first-order valence-electron chi connectivity index (χ1n) is 40.7. The van der Waals surface area contributed by atoms with Gasteiger partial charge in [-0.1, -0.05) is 351 Å². The van der Waals surface area contributed by atoms with E-state index in [2.05, 4.69) is 55.4 Å². The average Bonchev–Trinajstić information content (AvgIpc) is 1.16. The first-order valence-corrected chi connectivity index (χ1v) is 43.7. The molecule has 0 spiro atoms. The van der Waals surface area contributed by atoms with E-state index in [-0.39, 0.29) is 25.7 Å². The number of ether oxygens (including phenoxy) is 4. The van der Waals surface area contributed by atoms with Crippen LogP contribution in [0.4, 0.5) is 0 Å². The maximum atomic E-state index is 13.1. The van der Waals surface area contributed by atoms with Crippen molar-refractivity contribution in [3.63, 3.8) is 0 Å². The highest BCUT2D eigenvalue weighted by atomic mass is 31.2. The van der Waals surface area contributed by atoms with E-state index in [0.29, 0.717) is 31.6 Å². The number of carbonyl (C=O) groups is 4. The number of hydrogen-bond donors (Lipinski definition) is 3. The van der Waals surface area contributed by atoms with Crippen LogP contribution >= 0.6 is 15.6 Å². The third-order valence-corrected chi connectivity index (χ3v) is 20.6. The number of aliphatic hydroxyl groups is 1. The first-order chi connectivity index (χ1) is 47.1. The van der Waals surface area contributed by atoms with Gasteiger partial charge in [0.25, 0.3) is 0 Å². The van der Waals surface area contributed by atoms with Gasteiger partial charge in [0.05, 0.1) is 26.4 Å². The Labute approximate surface area is 600 Å². The Morgan fingerprint density at radius 2 is 0.490 bits per heavy atom. The van der Waals surface area contributed by atoms with Gasteiger partial charge in [-0.3, -0.25) is 37.3 Å². The molecule has 0 aliphatic rings. The summed E-state index contributed by atoms with van der Waals surface area (Å²) in [5.74, 6) is 0.985. The number of esters is 4. The van der Waals surface area contributed by atoms with E-state index >= 15 is 0 Å². The fourth-order valence-electron chi connectivity index (χ4n) is 12.0. The van der Waals surface area contributed by atoms with E-state index in [4.69, 9.17) is 37.0 Å². The molecule has 6 atom stereocenters. The molecule has 0 heterocycles. The maximum absolute atomic E-state index is 13.1. The number of phosphoric ester groups is 2. The number of aliphatic hydroxyl groups excluding tert-OH is 1. The molecule has 19 heteroatoms. The molecule has 0 aliphatic carbocycles. The summed E-state index contributed by atoms with van der Waals surface area (Å²) in [6.45, 7) is 14.2. The van der Waals surface area contributed by atoms with Crippen LogP contribution in [0.3, 0.4) is 0 Å². The molecule has 0 aromatic carbocycles. The standard InChI is InChI=1S/C79H154O17P2/c1-9-72(8)58-50-42-34-26-22-23-29-37-46-54-62-79(84)96-75(66-90-77(82)60-52-44-38-30-33-41-49-57-71(6)7)68-94-98(87,88)92-64-73(80)63-91-97(85,86)93-67-74(95-78(83)61-53-45-36-28-21-17-13-11-15-19-25-32-40-48-56-70(4)5)65-89-76(81)59-51-43-35-27-20-16-12-10-14-18-24-31-39-47-55-69(2)3/h69-75,80H,9-68H2,1-8H3,(H,85,86)(H,87,88)/t72?,73?,74-,75-/m1/s1. The van der Waals surface area contributed by atoms with Crippen LogP contribution in [0.15, 0.2) is 0 Å². The van der Waals surface area contributed by atoms with Crippen molar-refractivity contribution in [3.05, 3.63) is 0 Å². The zero-order chi connectivity index (χ0) is 72.4. The highest BCUT2D eigenvalue weighted by molar-refractivity contribution is 7.47. The summed E-state index contributed by atoms with van der Waals surface area (Å²) >= 11 is 0. The van der Waals surface area contributed by atoms with Gasteiger partial charge < -0.3 is 33.8 Å². The minimum absolute atomic E-state index is 0.105. The topological polar surface area (TPSA) is 237 Å². The second-order valence-corrected chi connectivity index (χ2v) is 33.0. The van der Waals surface area contributed by atoms with E-state index in [1.807, 2.05) is 0 Å². The highest BCUT2D eigenvalue weighted by Crippen LogP contribution is 2.45. The number of unbranched alkanes of at least 4 members (excludes halogenated alkanes) is 41. The lowest BCUT2D eigenvalue weighted by Crippen LogP contribution is -2.30. The van der Waals surface area contributed by atoms with E-state index in [1.165, 1.54) is 199 Å². The van der Waals surface area contributed by atoms with Gasteiger partial charge in [-0.15, -0.1) is 0 Å². The number of rotatable bonds is 76. The van der Waals surface area contributed by atoms with E-state index in [0.717, 1.165) is 114 Å². The van der Waals surface area contributed by atoms with E-state index < -0.39 is 97.5 Å². The summed E-state index contributed by atoms with van der Waals surface area (Å²) in [5.41, 5.74) is 0. The molecule has 0 saturated heterocycles. The van der Waals surface area contributed by atoms with Crippen LogP contribution in [0.25, 0.3) is 0 Å². The van der Waals surface area contributed by atoms with Crippen molar-refractivity contribution in [2.75, 3.05) is 39.6 Å². The molecule has 0 aromatic heterocycles. The summed E-state index contributed by atoms with van der Waals surface area (Å²) in [5, 5.41) is 10.6. The van der Waals surface area contributed by atoms with Crippen LogP contribution < -0.4 is 0 Å². The van der Waals surface area contributed by atoms with Gasteiger partial charge in [0.1, 0.15) is 19.3 Å². The molecule has 0 fully saturated rings. The van der Waals surface area contributed by atoms with Crippen molar-refractivity contribution in [1.29, 1.82) is 0 Å². The van der Waals surface area contributed by atoms with Crippen molar-refractivity contribution in [2.24, 2.45) is 23.7 Å². The predicted molar refractivity (Wildman–Crippen MR) is 400 cm³/mol. The molecule has 0 bridgehead atoms. The molecule has 582 valence electrons. The highest BCUT2D eigenvalue weighted by Gasteiger charge is 2.30. The smallest absolute Gasteiger partial charge is 0.462 e. The van der Waals surface area contributed by atoms with Crippen LogP contribution in [0.1, 0.15) is 402 Å². The minimum atomic E-state index is -4.96. The van der Waals surface area contributed by atoms with Crippen molar-refractivity contribution in [1.82, 2.24) is 0 Å². The summed E-state index contributed by atoms with van der Waals surface area (Å²) < 4.78 is 68.6. The third-order valence-electron chi connectivity index (χ3n) is 18.7. The van der Waals surface area contributed by atoms with Gasteiger partial charge in [0, 0.05) is 25.7 Å². The van der Waals surface area contributed by atoms with Crippen molar-refractivity contribution in [2.45, 2.75) is 420 Å². The SMILES string of the molecule is CCC(C)CCCCCCCCCCCCC(=O)O[C@H](COC(=O)CCCCCCCCCC(C)C)COP(=O)(O)OCC(O)COP(=O)(O)OC[C@@H](COC(=O)CCCCCCCCCCCCCCCCC(C)C)OC(=O)CCCCCCCCCCCCCCCCC(C)C. The largest absolute Gasteiger partial charge is 0.472 e. The fraction of sp³-hybridized carbons (Fsp3) is 0.949. The Hall–Kier alpha value is -1.94. The number of hydrogen-bond acceptors (Lipinski definition) is 15. The van der Waals surface area contributed by atoms with Gasteiger partial charge in [0.15, 0.2) is 12.2 Å². The maximum Gasteiger partial charge on any atom is 0.472 e. The quantitative estimate of drug-likeness (QED) is 0.0222. The third kappa shape index (κ3) is 71.1. The predicted octanol–water partition coefficient (Wildman–Crippen LogP) is 23.2. The molecule has 0 aromatic rings. The normalized spacial score (nSPS) is 14.3. The Morgan fingerprint density at radius 3 is 0.724 bits per heavy atom.